The van der Waals surface area contributed by atoms with E-state index < -0.39 is 17.7 Å². The van der Waals surface area contributed by atoms with Crippen LogP contribution in [0, 0.1) is 18.6 Å². The van der Waals surface area contributed by atoms with Crippen molar-refractivity contribution < 1.29 is 23.4 Å². The van der Waals surface area contributed by atoms with Crippen molar-refractivity contribution in [1.29, 1.82) is 0 Å². The second-order valence-corrected chi connectivity index (χ2v) is 9.35. The summed E-state index contributed by atoms with van der Waals surface area (Å²) in [6.07, 6.45) is 4.73. The second-order valence-electron chi connectivity index (χ2n) is 9.35. The number of amides is 1. The van der Waals surface area contributed by atoms with Crippen LogP contribution in [0.15, 0.2) is 49.3 Å². The first-order valence-corrected chi connectivity index (χ1v) is 12.4. The van der Waals surface area contributed by atoms with Gasteiger partial charge in [-0.1, -0.05) is 0 Å². The minimum atomic E-state index is -1.02. The van der Waals surface area contributed by atoms with Crippen LogP contribution < -0.4 is 15.0 Å². The molecule has 1 aliphatic rings. The standard InChI is InChI=1S/C26H23F2N9O3/c1-14-11-35(7-8-36(14)26(38)39)25-23(28)21-18(10-29-25)30-12-32-24(21)34-17-3-4-19(15(2)22(17)27)40-16-5-6-37-20(9-16)31-13-33-37/h3-6,9-10,12-14H,7-8,11H2,1-2H3,(H,38,39)(H,30,32,34). The van der Waals surface area contributed by atoms with Crippen molar-refractivity contribution in [3.63, 3.8) is 0 Å². The van der Waals surface area contributed by atoms with E-state index in [0.29, 0.717) is 17.1 Å². The Balaban J connectivity index is 1.29. The number of anilines is 3. The van der Waals surface area contributed by atoms with E-state index >= 15 is 8.78 Å². The first kappa shape index (κ1) is 25.2. The first-order valence-electron chi connectivity index (χ1n) is 12.4. The number of nitrogens with one attached hydrogen (secondary N) is 1. The zero-order chi connectivity index (χ0) is 28.0. The van der Waals surface area contributed by atoms with E-state index in [1.165, 1.54) is 29.8 Å². The smallest absolute Gasteiger partial charge is 0.407 e. The van der Waals surface area contributed by atoms with Crippen LogP contribution in [-0.4, -0.2) is 71.3 Å². The molecule has 4 aromatic heterocycles. The van der Waals surface area contributed by atoms with Gasteiger partial charge in [0, 0.05) is 43.5 Å². The Bertz CT molecular complexity index is 1760. The van der Waals surface area contributed by atoms with Crippen LogP contribution in [0.1, 0.15) is 12.5 Å². The number of aromatic nitrogens is 6. The molecule has 0 radical (unpaired) electrons. The van der Waals surface area contributed by atoms with Crippen LogP contribution in [0.3, 0.4) is 0 Å². The summed E-state index contributed by atoms with van der Waals surface area (Å²) < 4.78 is 38.9. The summed E-state index contributed by atoms with van der Waals surface area (Å²) in [6, 6.07) is 6.09. The molecule has 5 heterocycles. The molecule has 1 amide bonds. The van der Waals surface area contributed by atoms with Gasteiger partial charge in [0.2, 0.25) is 0 Å². The summed E-state index contributed by atoms with van der Waals surface area (Å²) >= 11 is 0. The fourth-order valence-corrected chi connectivity index (χ4v) is 4.74. The van der Waals surface area contributed by atoms with Crippen molar-refractivity contribution >= 4 is 40.0 Å². The molecule has 1 saturated heterocycles. The van der Waals surface area contributed by atoms with Crippen LogP contribution in [0.2, 0.25) is 0 Å². The Morgan fingerprint density at radius 2 is 1.95 bits per heavy atom. The van der Waals surface area contributed by atoms with Crippen LogP contribution in [-0.2, 0) is 0 Å². The van der Waals surface area contributed by atoms with Gasteiger partial charge in [-0.2, -0.15) is 5.10 Å². The molecule has 14 heteroatoms. The molecule has 204 valence electrons. The highest BCUT2D eigenvalue weighted by molar-refractivity contribution is 5.92. The molecule has 2 N–H and O–H groups in total. The Morgan fingerprint density at radius 3 is 2.75 bits per heavy atom. The molecule has 1 unspecified atom stereocenters. The third kappa shape index (κ3) is 4.42. The van der Waals surface area contributed by atoms with Gasteiger partial charge in [0.1, 0.15) is 30.0 Å². The Morgan fingerprint density at radius 1 is 1.10 bits per heavy atom. The van der Waals surface area contributed by atoms with Gasteiger partial charge in [0.15, 0.2) is 23.1 Å². The van der Waals surface area contributed by atoms with Gasteiger partial charge in [0.05, 0.1) is 22.8 Å². The number of carboxylic acid groups (broad SMARTS) is 1. The maximum Gasteiger partial charge on any atom is 0.407 e. The van der Waals surface area contributed by atoms with Gasteiger partial charge in [-0.25, -0.2) is 38.0 Å². The van der Waals surface area contributed by atoms with Crippen molar-refractivity contribution in [3.05, 3.63) is 66.5 Å². The molecular formula is C26H23F2N9O3. The number of benzene rings is 1. The van der Waals surface area contributed by atoms with Gasteiger partial charge in [0.25, 0.3) is 0 Å². The zero-order valence-electron chi connectivity index (χ0n) is 21.4. The Kier molecular flexibility index (Phi) is 6.21. The molecule has 0 bridgehead atoms. The molecule has 0 aliphatic carbocycles. The minimum Gasteiger partial charge on any atom is -0.465 e. The minimum absolute atomic E-state index is 0.0415. The Hall–Kier alpha value is -5.14. The molecule has 0 saturated carbocycles. The van der Waals surface area contributed by atoms with Crippen LogP contribution >= 0.6 is 0 Å². The molecule has 5 aromatic rings. The number of piperazine rings is 1. The van der Waals surface area contributed by atoms with E-state index in [-0.39, 0.29) is 59.5 Å². The highest BCUT2D eigenvalue weighted by atomic mass is 19.1. The zero-order valence-corrected chi connectivity index (χ0v) is 21.4. The largest absolute Gasteiger partial charge is 0.465 e. The predicted molar refractivity (Wildman–Crippen MR) is 141 cm³/mol. The lowest BCUT2D eigenvalue weighted by Crippen LogP contribution is -2.54. The summed E-state index contributed by atoms with van der Waals surface area (Å²) in [5.74, 6) is -0.406. The average Bonchev–Trinajstić information content (AvgIpc) is 3.41. The van der Waals surface area contributed by atoms with Crippen LogP contribution in [0.5, 0.6) is 11.5 Å². The number of halogens is 2. The number of rotatable bonds is 5. The quantitative estimate of drug-likeness (QED) is 0.327. The topological polar surface area (TPSA) is 134 Å². The van der Waals surface area contributed by atoms with E-state index in [0.717, 1.165) is 0 Å². The summed E-state index contributed by atoms with van der Waals surface area (Å²) in [4.78, 5) is 31.1. The SMILES string of the molecule is Cc1c(Oc2ccn3ncnc3c2)ccc(Nc2ncnc3cnc(N4CCN(C(=O)O)C(C)C4)c(F)c23)c1F. The number of fused-ring (bicyclic) bond motifs is 2. The maximum absolute atomic E-state index is 15.9. The normalized spacial score (nSPS) is 15.6. The first-order chi connectivity index (χ1) is 19.3. The number of ether oxygens (including phenoxy) is 1. The van der Waals surface area contributed by atoms with E-state index in [4.69, 9.17) is 4.74 Å². The van der Waals surface area contributed by atoms with Crippen molar-refractivity contribution in [2.75, 3.05) is 29.9 Å². The van der Waals surface area contributed by atoms with Gasteiger partial charge >= 0.3 is 6.09 Å². The van der Waals surface area contributed by atoms with Crippen molar-refractivity contribution in [2.24, 2.45) is 0 Å². The lowest BCUT2D eigenvalue weighted by molar-refractivity contribution is 0.122. The van der Waals surface area contributed by atoms with Crippen LogP contribution in [0.4, 0.5) is 30.9 Å². The molecule has 0 spiro atoms. The summed E-state index contributed by atoms with van der Waals surface area (Å²) in [7, 11) is 0. The lowest BCUT2D eigenvalue weighted by atomic mass is 10.1. The van der Waals surface area contributed by atoms with E-state index in [1.54, 1.807) is 47.7 Å². The van der Waals surface area contributed by atoms with Crippen molar-refractivity contribution in [1.82, 2.24) is 34.4 Å². The molecular weight excluding hydrogens is 524 g/mol. The monoisotopic (exact) mass is 547 g/mol. The van der Waals surface area contributed by atoms with E-state index in [2.05, 4.69) is 30.4 Å². The molecule has 1 aromatic carbocycles. The average molecular weight is 548 g/mol. The summed E-state index contributed by atoms with van der Waals surface area (Å²) in [6.45, 7) is 4.06. The number of nitrogens with zero attached hydrogens (tertiary/aromatic N) is 8. The van der Waals surface area contributed by atoms with Crippen molar-refractivity contribution in [3.8, 4) is 11.5 Å². The van der Waals surface area contributed by atoms with Gasteiger partial charge < -0.3 is 25.0 Å². The maximum atomic E-state index is 15.9. The molecule has 12 nitrogen and oxygen atoms in total. The van der Waals surface area contributed by atoms with Crippen molar-refractivity contribution in [2.45, 2.75) is 19.9 Å². The third-order valence-electron chi connectivity index (χ3n) is 6.84. The Labute approximate surface area is 225 Å². The van der Waals surface area contributed by atoms with E-state index in [1.807, 2.05) is 0 Å². The summed E-state index contributed by atoms with van der Waals surface area (Å²) in [5.41, 5.74) is 1.12. The number of hydrogen-bond donors (Lipinski definition) is 2. The van der Waals surface area contributed by atoms with E-state index in [9.17, 15) is 9.90 Å². The molecule has 6 rings (SSSR count). The van der Waals surface area contributed by atoms with Gasteiger partial charge in [-0.15, -0.1) is 0 Å². The number of hydrogen-bond acceptors (Lipinski definition) is 9. The third-order valence-corrected chi connectivity index (χ3v) is 6.84. The summed E-state index contributed by atoms with van der Waals surface area (Å²) in [5, 5.41) is 16.3. The fourth-order valence-electron chi connectivity index (χ4n) is 4.74. The molecule has 1 aliphatic heterocycles. The predicted octanol–water partition coefficient (Wildman–Crippen LogP) is 4.38. The number of carbonyl (C=O) groups is 1. The highest BCUT2D eigenvalue weighted by Crippen LogP contribution is 2.35. The second kappa shape index (κ2) is 9.87. The molecule has 1 fully saturated rings. The fraction of sp³-hybridized carbons (Fsp3) is 0.231. The number of pyridine rings is 2. The van der Waals surface area contributed by atoms with Gasteiger partial charge in [-0.3, -0.25) is 0 Å². The van der Waals surface area contributed by atoms with Crippen LogP contribution in [0.25, 0.3) is 16.6 Å². The lowest BCUT2D eigenvalue weighted by Gasteiger charge is -2.38. The molecule has 40 heavy (non-hydrogen) atoms. The molecule has 1 atom stereocenters. The van der Waals surface area contributed by atoms with Gasteiger partial charge in [-0.05, 0) is 32.0 Å². The highest BCUT2D eigenvalue weighted by Gasteiger charge is 2.30.